The van der Waals surface area contributed by atoms with Gasteiger partial charge in [0.1, 0.15) is 0 Å². The molecule has 0 bridgehead atoms. The molecular weight excluding hydrogens is 370 g/mol. The Morgan fingerprint density at radius 1 is 1.08 bits per heavy atom. The second-order valence-corrected chi connectivity index (χ2v) is 6.87. The number of ether oxygens (including phenoxy) is 2. The number of hydrogen-bond donors (Lipinski definition) is 2. The van der Waals surface area contributed by atoms with E-state index in [1.165, 1.54) is 49.6 Å². The molecule has 0 radical (unpaired) electrons. The zero-order chi connectivity index (χ0) is 19.3. The molecular formula is C16H16F2N2O5S. The molecule has 7 nitrogen and oxygen atoms in total. The highest BCUT2D eigenvalue weighted by atomic mass is 32.2. The van der Waals surface area contributed by atoms with E-state index in [1.54, 1.807) is 0 Å². The van der Waals surface area contributed by atoms with E-state index in [4.69, 9.17) is 4.74 Å². The van der Waals surface area contributed by atoms with E-state index >= 15 is 0 Å². The van der Waals surface area contributed by atoms with Gasteiger partial charge in [0.25, 0.3) is 5.91 Å². The molecule has 2 aromatic rings. The number of methoxy groups -OCH3 is 1. The topological polar surface area (TPSA) is 93.7 Å². The Morgan fingerprint density at radius 2 is 1.69 bits per heavy atom. The molecule has 10 heteroatoms. The highest BCUT2D eigenvalue weighted by Gasteiger charge is 2.20. The van der Waals surface area contributed by atoms with Gasteiger partial charge in [-0.3, -0.25) is 9.52 Å². The van der Waals surface area contributed by atoms with Gasteiger partial charge < -0.3 is 14.8 Å². The number of anilines is 2. The second kappa shape index (κ2) is 8.00. The lowest BCUT2D eigenvalue weighted by molar-refractivity contribution is -0.0515. The van der Waals surface area contributed by atoms with E-state index in [0.717, 1.165) is 6.26 Å². The number of carbonyl (C=O) groups is 1. The first-order valence-corrected chi connectivity index (χ1v) is 9.10. The molecule has 2 aromatic carbocycles. The van der Waals surface area contributed by atoms with Crippen LogP contribution in [0, 0.1) is 0 Å². The molecule has 1 amide bonds. The van der Waals surface area contributed by atoms with Crippen molar-refractivity contribution in [1.29, 1.82) is 0 Å². The van der Waals surface area contributed by atoms with Gasteiger partial charge in [0.2, 0.25) is 10.0 Å². The van der Waals surface area contributed by atoms with Crippen LogP contribution < -0.4 is 19.5 Å². The van der Waals surface area contributed by atoms with Crippen LogP contribution in [-0.4, -0.2) is 34.3 Å². The third-order valence-electron chi connectivity index (χ3n) is 3.10. The predicted molar refractivity (Wildman–Crippen MR) is 92.5 cm³/mol. The number of nitrogens with one attached hydrogen (secondary N) is 2. The molecule has 0 aromatic heterocycles. The van der Waals surface area contributed by atoms with Gasteiger partial charge in [0, 0.05) is 11.4 Å². The SMILES string of the molecule is COc1cccc(C(=O)Nc2ccc(NS(C)(=O)=O)cc2)c1OC(F)F. The molecule has 0 aliphatic carbocycles. The Kier molecular flexibility index (Phi) is 5.98. The fraction of sp³-hybridized carbons (Fsp3) is 0.188. The van der Waals surface area contributed by atoms with Crippen LogP contribution in [0.1, 0.15) is 10.4 Å². The normalized spacial score (nSPS) is 11.1. The summed E-state index contributed by atoms with van der Waals surface area (Å²) < 4.78 is 59.2. The number of para-hydroxylation sites is 1. The Balaban J connectivity index is 2.22. The molecule has 0 saturated heterocycles. The predicted octanol–water partition coefficient (Wildman–Crippen LogP) is 2.92. The van der Waals surface area contributed by atoms with Gasteiger partial charge in [-0.05, 0) is 36.4 Å². The minimum absolute atomic E-state index is 0.00866. The zero-order valence-electron chi connectivity index (χ0n) is 13.8. The van der Waals surface area contributed by atoms with Gasteiger partial charge in [-0.1, -0.05) is 6.07 Å². The van der Waals surface area contributed by atoms with Crippen LogP contribution in [0.15, 0.2) is 42.5 Å². The fourth-order valence-corrected chi connectivity index (χ4v) is 2.66. The summed E-state index contributed by atoms with van der Waals surface area (Å²) in [6, 6.07) is 9.97. The van der Waals surface area contributed by atoms with E-state index in [2.05, 4.69) is 14.8 Å². The van der Waals surface area contributed by atoms with Crippen LogP contribution in [0.25, 0.3) is 0 Å². The van der Waals surface area contributed by atoms with E-state index in [1.807, 2.05) is 0 Å². The molecule has 140 valence electrons. The number of amides is 1. The van der Waals surface area contributed by atoms with Crippen molar-refractivity contribution in [3.8, 4) is 11.5 Å². The maximum atomic E-state index is 12.6. The average Bonchev–Trinajstić information content (AvgIpc) is 2.55. The van der Waals surface area contributed by atoms with Crippen LogP contribution in [0.3, 0.4) is 0 Å². The number of halogens is 2. The van der Waals surface area contributed by atoms with Gasteiger partial charge in [0.15, 0.2) is 11.5 Å². The highest BCUT2D eigenvalue weighted by Crippen LogP contribution is 2.33. The van der Waals surface area contributed by atoms with Crippen molar-refractivity contribution in [1.82, 2.24) is 0 Å². The van der Waals surface area contributed by atoms with E-state index in [-0.39, 0.29) is 17.1 Å². The monoisotopic (exact) mass is 386 g/mol. The molecule has 2 rings (SSSR count). The van der Waals surface area contributed by atoms with Crippen molar-refractivity contribution in [2.45, 2.75) is 6.61 Å². The molecule has 0 unspecified atom stereocenters. The first-order valence-electron chi connectivity index (χ1n) is 7.20. The van der Waals surface area contributed by atoms with Crippen LogP contribution in [0.4, 0.5) is 20.2 Å². The molecule has 0 saturated carbocycles. The fourth-order valence-electron chi connectivity index (χ4n) is 2.10. The van der Waals surface area contributed by atoms with E-state index in [9.17, 15) is 22.0 Å². The molecule has 0 spiro atoms. The number of rotatable bonds is 7. The summed E-state index contributed by atoms with van der Waals surface area (Å²) in [6.07, 6.45) is 1.01. The quantitative estimate of drug-likeness (QED) is 0.763. The van der Waals surface area contributed by atoms with E-state index < -0.39 is 22.5 Å². The van der Waals surface area contributed by atoms with Crippen molar-refractivity contribution in [3.63, 3.8) is 0 Å². The van der Waals surface area contributed by atoms with Crippen LogP contribution in [0.5, 0.6) is 11.5 Å². The Morgan fingerprint density at radius 3 is 2.23 bits per heavy atom. The summed E-state index contributed by atoms with van der Waals surface area (Å²) in [5.41, 5.74) is 0.511. The number of alkyl halides is 2. The summed E-state index contributed by atoms with van der Waals surface area (Å²) in [6.45, 7) is -3.13. The van der Waals surface area contributed by atoms with Crippen molar-refractivity contribution in [2.24, 2.45) is 0 Å². The lowest BCUT2D eigenvalue weighted by Crippen LogP contribution is -2.16. The Bertz CT molecular complexity index is 886. The molecule has 0 aliphatic rings. The van der Waals surface area contributed by atoms with Crippen molar-refractivity contribution < 1.29 is 31.5 Å². The standard InChI is InChI=1S/C16H16F2N2O5S/c1-24-13-5-3-4-12(14(13)25-16(17)18)15(21)19-10-6-8-11(9-7-10)20-26(2,22)23/h3-9,16,20H,1-2H3,(H,19,21). The van der Waals surface area contributed by atoms with Gasteiger partial charge in [-0.2, -0.15) is 8.78 Å². The lowest BCUT2D eigenvalue weighted by atomic mass is 10.1. The van der Waals surface area contributed by atoms with Crippen LogP contribution in [0.2, 0.25) is 0 Å². The first-order chi connectivity index (χ1) is 12.2. The number of carbonyl (C=O) groups excluding carboxylic acids is 1. The lowest BCUT2D eigenvalue weighted by Gasteiger charge is -2.14. The maximum absolute atomic E-state index is 12.6. The summed E-state index contributed by atoms with van der Waals surface area (Å²) in [7, 11) is -2.15. The summed E-state index contributed by atoms with van der Waals surface area (Å²) in [4.78, 5) is 12.4. The highest BCUT2D eigenvalue weighted by molar-refractivity contribution is 7.92. The minimum Gasteiger partial charge on any atom is -0.493 e. The van der Waals surface area contributed by atoms with Crippen molar-refractivity contribution in [3.05, 3.63) is 48.0 Å². The minimum atomic E-state index is -3.42. The summed E-state index contributed by atoms with van der Waals surface area (Å²) in [5, 5.41) is 2.52. The zero-order valence-corrected chi connectivity index (χ0v) is 14.6. The van der Waals surface area contributed by atoms with Crippen molar-refractivity contribution >= 4 is 27.3 Å². The number of sulfonamides is 1. The third-order valence-corrected chi connectivity index (χ3v) is 3.70. The molecule has 2 N–H and O–H groups in total. The molecule has 0 heterocycles. The Labute approximate surface area is 149 Å². The summed E-state index contributed by atoms with van der Waals surface area (Å²) in [5.74, 6) is -1.08. The molecule has 0 atom stereocenters. The molecule has 26 heavy (non-hydrogen) atoms. The van der Waals surface area contributed by atoms with Crippen molar-refractivity contribution in [2.75, 3.05) is 23.4 Å². The largest absolute Gasteiger partial charge is 0.493 e. The van der Waals surface area contributed by atoms with Gasteiger partial charge >= 0.3 is 6.61 Å². The van der Waals surface area contributed by atoms with E-state index in [0.29, 0.717) is 11.4 Å². The van der Waals surface area contributed by atoms with Crippen LogP contribution >= 0.6 is 0 Å². The second-order valence-electron chi connectivity index (χ2n) is 5.12. The number of benzene rings is 2. The van der Waals surface area contributed by atoms with Gasteiger partial charge in [-0.15, -0.1) is 0 Å². The first kappa shape index (κ1) is 19.4. The smallest absolute Gasteiger partial charge is 0.387 e. The average molecular weight is 386 g/mol. The maximum Gasteiger partial charge on any atom is 0.387 e. The third kappa shape index (κ3) is 5.31. The Hall–Kier alpha value is -2.88. The van der Waals surface area contributed by atoms with Gasteiger partial charge in [-0.25, -0.2) is 8.42 Å². The van der Waals surface area contributed by atoms with Gasteiger partial charge in [0.05, 0.1) is 18.9 Å². The summed E-state index contributed by atoms with van der Waals surface area (Å²) >= 11 is 0. The molecule has 0 fully saturated rings. The number of hydrogen-bond acceptors (Lipinski definition) is 5. The van der Waals surface area contributed by atoms with Crippen LogP contribution in [-0.2, 0) is 10.0 Å². The molecule has 0 aliphatic heterocycles.